The van der Waals surface area contributed by atoms with Gasteiger partial charge in [-0.1, -0.05) is 12.1 Å². The molecule has 0 atom stereocenters. The van der Waals surface area contributed by atoms with Gasteiger partial charge >= 0.3 is 0 Å². The molecule has 0 bridgehead atoms. The molecule has 0 spiro atoms. The Morgan fingerprint density at radius 2 is 1.45 bits per heavy atom. The molecule has 1 amide bonds. The van der Waals surface area contributed by atoms with Gasteiger partial charge in [0, 0.05) is 24.2 Å². The van der Waals surface area contributed by atoms with E-state index in [2.05, 4.69) is 0 Å². The van der Waals surface area contributed by atoms with Crippen molar-refractivity contribution in [3.8, 4) is 0 Å². The Hall–Kier alpha value is -1.64. The molecule has 0 N–H and O–H groups in total. The largest absolute Gasteiger partial charge is 0.338 e. The van der Waals surface area contributed by atoms with Crippen molar-refractivity contribution in [1.29, 1.82) is 0 Å². The smallest absolute Gasteiger partial charge is 0.253 e. The molecule has 2 aliphatic rings. The number of Topliss-reactive ketones (excluding diaryl/α,β-unsaturated/α-hetero) is 1. The van der Waals surface area contributed by atoms with Crippen LogP contribution < -0.4 is 0 Å². The number of rotatable bonds is 5. The summed E-state index contributed by atoms with van der Waals surface area (Å²) in [5.74, 6) is 1.55. The van der Waals surface area contributed by atoms with E-state index in [0.717, 1.165) is 0 Å². The molecule has 0 aromatic heterocycles. The van der Waals surface area contributed by atoms with Gasteiger partial charge in [-0.2, -0.15) is 0 Å². The molecule has 3 nitrogen and oxygen atoms in total. The number of hydrogen-bond acceptors (Lipinski definition) is 2. The van der Waals surface area contributed by atoms with Crippen molar-refractivity contribution in [2.75, 3.05) is 7.05 Å². The zero-order valence-electron chi connectivity index (χ0n) is 12.1. The van der Waals surface area contributed by atoms with E-state index in [9.17, 15) is 9.59 Å². The Bertz CT molecular complexity index is 514. The summed E-state index contributed by atoms with van der Waals surface area (Å²) in [6.07, 6.45) is 5.06. The Kier molecular flexibility index (Phi) is 3.36. The fourth-order valence-corrected chi connectivity index (χ4v) is 3.08. The summed E-state index contributed by atoms with van der Waals surface area (Å²) in [5, 5.41) is 0. The van der Waals surface area contributed by atoms with Crippen LogP contribution >= 0.6 is 0 Å². The van der Waals surface area contributed by atoms with Gasteiger partial charge in [-0.25, -0.2) is 0 Å². The monoisotopic (exact) mass is 271 g/mol. The van der Waals surface area contributed by atoms with Crippen LogP contribution in [0.15, 0.2) is 24.3 Å². The molecule has 2 aliphatic carbocycles. The van der Waals surface area contributed by atoms with E-state index in [-0.39, 0.29) is 11.7 Å². The highest BCUT2D eigenvalue weighted by Crippen LogP contribution is 2.47. The van der Waals surface area contributed by atoms with Gasteiger partial charge < -0.3 is 4.90 Å². The number of carbonyl (C=O) groups is 2. The van der Waals surface area contributed by atoms with E-state index < -0.39 is 0 Å². The zero-order chi connectivity index (χ0) is 14.3. The van der Waals surface area contributed by atoms with Crippen molar-refractivity contribution in [2.45, 2.75) is 38.6 Å². The van der Waals surface area contributed by atoms with E-state index in [1.54, 1.807) is 31.2 Å². The second-order valence-electron chi connectivity index (χ2n) is 6.22. The molecule has 0 radical (unpaired) electrons. The molecule has 0 aliphatic heterocycles. The number of nitrogens with zero attached hydrogens (tertiary/aromatic N) is 1. The first kappa shape index (κ1) is 13.3. The first-order chi connectivity index (χ1) is 9.58. The number of carbonyl (C=O) groups excluding carboxylic acids is 2. The van der Waals surface area contributed by atoms with Crippen LogP contribution in [0.2, 0.25) is 0 Å². The molecule has 0 heterocycles. The molecule has 0 unspecified atom stereocenters. The third-order valence-corrected chi connectivity index (χ3v) is 4.52. The van der Waals surface area contributed by atoms with Crippen molar-refractivity contribution in [3.05, 3.63) is 35.4 Å². The van der Waals surface area contributed by atoms with Crippen molar-refractivity contribution in [3.63, 3.8) is 0 Å². The molecule has 1 aromatic rings. The van der Waals surface area contributed by atoms with Gasteiger partial charge in [-0.3, -0.25) is 9.59 Å². The third-order valence-electron chi connectivity index (χ3n) is 4.52. The van der Waals surface area contributed by atoms with E-state index >= 15 is 0 Å². The number of amides is 1. The molecule has 3 heteroatoms. The maximum Gasteiger partial charge on any atom is 0.253 e. The summed E-state index contributed by atoms with van der Waals surface area (Å²) in [5.41, 5.74) is 1.34. The van der Waals surface area contributed by atoms with Crippen LogP contribution in [0, 0.1) is 11.8 Å². The van der Waals surface area contributed by atoms with E-state index in [1.165, 1.54) is 25.7 Å². The van der Waals surface area contributed by atoms with Crippen LogP contribution in [0.4, 0.5) is 0 Å². The number of ketones is 1. The van der Waals surface area contributed by atoms with Gasteiger partial charge in [-0.05, 0) is 56.6 Å². The molecule has 2 saturated carbocycles. The van der Waals surface area contributed by atoms with Gasteiger partial charge in [0.25, 0.3) is 5.91 Å². The molecule has 0 saturated heterocycles. The first-order valence-corrected chi connectivity index (χ1v) is 7.46. The standard InChI is InChI=1S/C17H21NO2/c1-11(19)12-3-9-15(10-4-12)17(20)18(2)16(13-5-6-13)14-7-8-14/h3-4,9-10,13-14,16H,5-8H2,1-2H3. The van der Waals surface area contributed by atoms with E-state index in [1.807, 2.05) is 11.9 Å². The van der Waals surface area contributed by atoms with Gasteiger partial charge in [0.15, 0.2) is 5.78 Å². The molecular weight excluding hydrogens is 250 g/mol. The second kappa shape index (κ2) is 5.04. The lowest BCUT2D eigenvalue weighted by atomic mass is 10.0. The minimum Gasteiger partial charge on any atom is -0.338 e. The fraction of sp³-hybridized carbons (Fsp3) is 0.529. The molecule has 3 rings (SSSR count). The third kappa shape index (κ3) is 2.62. The van der Waals surface area contributed by atoms with Gasteiger partial charge in [0.05, 0.1) is 0 Å². The SMILES string of the molecule is CC(=O)c1ccc(C(=O)N(C)C(C2CC2)C2CC2)cc1. The van der Waals surface area contributed by atoms with Crippen molar-refractivity contribution < 1.29 is 9.59 Å². The fourth-order valence-electron chi connectivity index (χ4n) is 3.08. The average Bonchev–Trinajstić information content (AvgIpc) is 3.32. The lowest BCUT2D eigenvalue weighted by molar-refractivity contribution is 0.0689. The van der Waals surface area contributed by atoms with Gasteiger partial charge in [-0.15, -0.1) is 0 Å². The normalized spacial score (nSPS) is 18.1. The topological polar surface area (TPSA) is 37.4 Å². The number of hydrogen-bond donors (Lipinski definition) is 0. The van der Waals surface area contributed by atoms with Gasteiger partial charge in [0.2, 0.25) is 0 Å². The van der Waals surface area contributed by atoms with E-state index in [4.69, 9.17) is 0 Å². The number of benzene rings is 1. The molecule has 20 heavy (non-hydrogen) atoms. The maximum atomic E-state index is 12.6. The maximum absolute atomic E-state index is 12.6. The molecule has 1 aromatic carbocycles. The summed E-state index contributed by atoms with van der Waals surface area (Å²) in [4.78, 5) is 25.8. The van der Waals surface area contributed by atoms with Crippen molar-refractivity contribution in [2.24, 2.45) is 11.8 Å². The minimum absolute atomic E-state index is 0.0335. The Balaban J connectivity index is 1.75. The van der Waals surface area contributed by atoms with Crippen LogP contribution in [-0.2, 0) is 0 Å². The quantitative estimate of drug-likeness (QED) is 0.771. The van der Waals surface area contributed by atoms with Crippen LogP contribution in [-0.4, -0.2) is 29.7 Å². The van der Waals surface area contributed by atoms with Crippen LogP contribution in [0.25, 0.3) is 0 Å². The van der Waals surface area contributed by atoms with E-state index in [0.29, 0.717) is 29.0 Å². The second-order valence-corrected chi connectivity index (χ2v) is 6.22. The average molecular weight is 271 g/mol. The summed E-state index contributed by atoms with van der Waals surface area (Å²) >= 11 is 0. The summed E-state index contributed by atoms with van der Waals surface area (Å²) < 4.78 is 0. The minimum atomic E-state index is 0.0335. The predicted octanol–water partition coefficient (Wildman–Crippen LogP) is 3.15. The lowest BCUT2D eigenvalue weighted by Gasteiger charge is -2.28. The summed E-state index contributed by atoms with van der Waals surface area (Å²) in [6, 6.07) is 7.45. The molecule has 106 valence electrons. The summed E-state index contributed by atoms with van der Waals surface area (Å²) in [6.45, 7) is 1.54. The van der Waals surface area contributed by atoms with Gasteiger partial charge in [0.1, 0.15) is 0 Å². The van der Waals surface area contributed by atoms with Crippen LogP contribution in [0.3, 0.4) is 0 Å². The Labute approximate surface area is 120 Å². The highest BCUT2D eigenvalue weighted by molar-refractivity contribution is 5.97. The highest BCUT2D eigenvalue weighted by Gasteiger charge is 2.44. The Morgan fingerprint density at radius 3 is 1.85 bits per heavy atom. The van der Waals surface area contributed by atoms with Crippen molar-refractivity contribution in [1.82, 2.24) is 4.90 Å². The van der Waals surface area contributed by atoms with Crippen molar-refractivity contribution >= 4 is 11.7 Å². The molecular formula is C17H21NO2. The predicted molar refractivity (Wildman–Crippen MR) is 77.8 cm³/mol. The van der Waals surface area contributed by atoms with Crippen LogP contribution in [0.1, 0.15) is 53.3 Å². The zero-order valence-corrected chi connectivity index (χ0v) is 12.1. The molecule has 2 fully saturated rings. The highest BCUT2D eigenvalue weighted by atomic mass is 16.2. The van der Waals surface area contributed by atoms with Crippen LogP contribution in [0.5, 0.6) is 0 Å². The lowest BCUT2D eigenvalue weighted by Crippen LogP contribution is -2.40. The summed E-state index contributed by atoms with van der Waals surface area (Å²) in [7, 11) is 1.93. The first-order valence-electron chi connectivity index (χ1n) is 7.46. The Morgan fingerprint density at radius 1 is 1.00 bits per heavy atom.